The van der Waals surface area contributed by atoms with Gasteiger partial charge >= 0.3 is 0 Å². The van der Waals surface area contributed by atoms with Gasteiger partial charge in [0.25, 0.3) is 5.91 Å². The molecule has 21 heavy (non-hydrogen) atoms. The maximum absolute atomic E-state index is 11.9. The summed E-state index contributed by atoms with van der Waals surface area (Å²) in [6, 6.07) is 7.32. The third kappa shape index (κ3) is 6.12. The molecule has 0 aliphatic carbocycles. The molecule has 0 aromatic heterocycles. The monoisotopic (exact) mass is 308 g/mol. The molecule has 0 aliphatic rings. The van der Waals surface area contributed by atoms with Crippen molar-refractivity contribution in [1.29, 1.82) is 0 Å². The number of ether oxygens (including phenoxy) is 1. The Kier molecular flexibility index (Phi) is 7.15. The van der Waals surface area contributed by atoms with Crippen molar-refractivity contribution < 1.29 is 9.53 Å². The lowest BCUT2D eigenvalue weighted by Gasteiger charge is -2.18. The number of carbonyl (C=O) groups excluding carboxylic acids is 1. The fraction of sp³-hybridized carbons (Fsp3) is 0.500. The first-order valence-electron chi connectivity index (χ1n) is 7.25. The zero-order chi connectivity index (χ0) is 15.8. The predicted molar refractivity (Wildman–Crippen MR) is 89.5 cm³/mol. The first kappa shape index (κ1) is 17.4. The SMILES string of the molecule is CCC(C)CC(C)NC(=O)COc1ccccc1C(N)=S. The average molecular weight is 308 g/mol. The molecule has 2 unspecified atom stereocenters. The van der Waals surface area contributed by atoms with Gasteiger partial charge in [0.2, 0.25) is 0 Å². The highest BCUT2D eigenvalue weighted by Crippen LogP contribution is 2.17. The molecule has 0 radical (unpaired) electrons. The first-order chi connectivity index (χ1) is 9.93. The second-order valence-electron chi connectivity index (χ2n) is 5.37. The second kappa shape index (κ2) is 8.62. The highest BCUT2D eigenvalue weighted by molar-refractivity contribution is 7.80. The summed E-state index contributed by atoms with van der Waals surface area (Å²) in [6.07, 6.45) is 2.07. The Labute approximate surface area is 132 Å². The van der Waals surface area contributed by atoms with E-state index < -0.39 is 0 Å². The Morgan fingerprint density at radius 2 is 2.05 bits per heavy atom. The van der Waals surface area contributed by atoms with Gasteiger partial charge in [-0.25, -0.2) is 0 Å². The Hall–Kier alpha value is -1.62. The highest BCUT2D eigenvalue weighted by atomic mass is 32.1. The minimum Gasteiger partial charge on any atom is -0.483 e. The molecule has 0 spiro atoms. The summed E-state index contributed by atoms with van der Waals surface area (Å²) in [4.78, 5) is 12.1. The Morgan fingerprint density at radius 3 is 2.67 bits per heavy atom. The topological polar surface area (TPSA) is 64.3 Å². The highest BCUT2D eigenvalue weighted by Gasteiger charge is 2.12. The van der Waals surface area contributed by atoms with Gasteiger partial charge in [0.1, 0.15) is 10.7 Å². The molecule has 116 valence electrons. The van der Waals surface area contributed by atoms with Gasteiger partial charge in [-0.3, -0.25) is 4.79 Å². The number of nitrogens with one attached hydrogen (secondary N) is 1. The first-order valence-corrected chi connectivity index (χ1v) is 7.65. The van der Waals surface area contributed by atoms with E-state index in [4.69, 9.17) is 22.7 Å². The van der Waals surface area contributed by atoms with Crippen molar-refractivity contribution in [3.8, 4) is 5.75 Å². The van der Waals surface area contributed by atoms with Gasteiger partial charge in [0.15, 0.2) is 6.61 Å². The molecule has 5 heteroatoms. The molecule has 1 amide bonds. The summed E-state index contributed by atoms with van der Waals surface area (Å²) >= 11 is 4.96. The van der Waals surface area contributed by atoms with Crippen LogP contribution in [0.15, 0.2) is 24.3 Å². The Morgan fingerprint density at radius 1 is 1.38 bits per heavy atom. The van der Waals surface area contributed by atoms with Crippen molar-refractivity contribution in [2.24, 2.45) is 11.7 Å². The summed E-state index contributed by atoms with van der Waals surface area (Å²) in [5, 5.41) is 2.94. The normalized spacial score (nSPS) is 13.3. The minimum atomic E-state index is -0.136. The largest absolute Gasteiger partial charge is 0.483 e. The van der Waals surface area contributed by atoms with E-state index in [1.54, 1.807) is 12.1 Å². The molecule has 0 heterocycles. The number of benzene rings is 1. The number of amides is 1. The molecule has 2 atom stereocenters. The van der Waals surface area contributed by atoms with Crippen LogP contribution in [-0.2, 0) is 4.79 Å². The summed E-state index contributed by atoms with van der Waals surface area (Å²) in [6.45, 7) is 6.30. The van der Waals surface area contributed by atoms with Gasteiger partial charge < -0.3 is 15.8 Å². The van der Waals surface area contributed by atoms with Crippen LogP contribution in [0, 0.1) is 5.92 Å². The van der Waals surface area contributed by atoms with E-state index in [0.717, 1.165) is 12.8 Å². The summed E-state index contributed by atoms with van der Waals surface area (Å²) in [7, 11) is 0. The van der Waals surface area contributed by atoms with Gasteiger partial charge in [0, 0.05) is 6.04 Å². The number of rotatable bonds is 8. The second-order valence-corrected chi connectivity index (χ2v) is 5.81. The third-order valence-corrected chi connectivity index (χ3v) is 3.59. The number of hydrogen-bond donors (Lipinski definition) is 2. The molecule has 4 nitrogen and oxygen atoms in total. The number of para-hydroxylation sites is 1. The van der Waals surface area contributed by atoms with Crippen LogP contribution in [0.2, 0.25) is 0 Å². The number of thiocarbonyl (C=S) groups is 1. The lowest BCUT2D eigenvalue weighted by Crippen LogP contribution is -2.37. The summed E-state index contributed by atoms with van der Waals surface area (Å²) < 4.78 is 5.51. The van der Waals surface area contributed by atoms with Gasteiger partial charge in [-0.15, -0.1) is 0 Å². The van der Waals surface area contributed by atoms with Crippen LogP contribution in [0.1, 0.15) is 39.2 Å². The quantitative estimate of drug-likeness (QED) is 0.725. The molecular weight excluding hydrogens is 284 g/mol. The molecule has 0 saturated carbocycles. The van der Waals surface area contributed by atoms with E-state index in [0.29, 0.717) is 17.2 Å². The third-order valence-electron chi connectivity index (χ3n) is 3.37. The minimum absolute atomic E-state index is 0.0372. The van der Waals surface area contributed by atoms with Crippen molar-refractivity contribution in [3.63, 3.8) is 0 Å². The molecule has 3 N–H and O–H groups in total. The van der Waals surface area contributed by atoms with E-state index in [1.165, 1.54) is 0 Å². The molecule has 0 fully saturated rings. The summed E-state index contributed by atoms with van der Waals surface area (Å²) in [5.74, 6) is 0.995. The van der Waals surface area contributed by atoms with Crippen LogP contribution in [0.5, 0.6) is 5.75 Å². The fourth-order valence-corrected chi connectivity index (χ4v) is 2.25. The lowest BCUT2D eigenvalue weighted by atomic mass is 10.0. The molecule has 1 aromatic carbocycles. The molecule has 0 aliphatic heterocycles. The Balaban J connectivity index is 2.48. The van der Waals surface area contributed by atoms with Crippen molar-refractivity contribution in [3.05, 3.63) is 29.8 Å². The van der Waals surface area contributed by atoms with Crippen molar-refractivity contribution >= 4 is 23.1 Å². The van der Waals surface area contributed by atoms with Crippen LogP contribution in [0.4, 0.5) is 0 Å². The van der Waals surface area contributed by atoms with Crippen molar-refractivity contribution in [2.45, 2.75) is 39.7 Å². The zero-order valence-electron chi connectivity index (χ0n) is 12.9. The molecule has 1 rings (SSSR count). The number of hydrogen-bond acceptors (Lipinski definition) is 3. The van der Waals surface area contributed by atoms with Crippen molar-refractivity contribution in [1.82, 2.24) is 5.32 Å². The van der Waals surface area contributed by atoms with Gasteiger partial charge in [-0.2, -0.15) is 0 Å². The molecule has 0 bridgehead atoms. The van der Waals surface area contributed by atoms with Crippen LogP contribution < -0.4 is 15.8 Å². The fourth-order valence-electron chi connectivity index (χ4n) is 2.09. The van der Waals surface area contributed by atoms with Crippen LogP contribution >= 0.6 is 12.2 Å². The zero-order valence-corrected chi connectivity index (χ0v) is 13.7. The van der Waals surface area contributed by atoms with E-state index in [9.17, 15) is 4.79 Å². The van der Waals surface area contributed by atoms with E-state index in [1.807, 2.05) is 19.1 Å². The number of carbonyl (C=O) groups is 1. The smallest absolute Gasteiger partial charge is 0.258 e. The van der Waals surface area contributed by atoms with Crippen LogP contribution in [0.3, 0.4) is 0 Å². The average Bonchev–Trinajstić information content (AvgIpc) is 2.44. The predicted octanol–water partition coefficient (Wildman–Crippen LogP) is 2.64. The molecular formula is C16H24N2O2S. The van der Waals surface area contributed by atoms with Gasteiger partial charge in [-0.1, -0.05) is 44.6 Å². The maximum atomic E-state index is 11.9. The van der Waals surface area contributed by atoms with Crippen LogP contribution in [-0.4, -0.2) is 23.5 Å². The summed E-state index contributed by atoms with van der Waals surface area (Å²) in [5.41, 5.74) is 6.27. The van der Waals surface area contributed by atoms with Crippen LogP contribution in [0.25, 0.3) is 0 Å². The van der Waals surface area contributed by atoms with E-state index in [-0.39, 0.29) is 23.5 Å². The lowest BCUT2D eigenvalue weighted by molar-refractivity contribution is -0.123. The number of nitrogens with two attached hydrogens (primary N) is 1. The van der Waals surface area contributed by atoms with E-state index in [2.05, 4.69) is 19.2 Å². The Bertz CT molecular complexity index is 491. The maximum Gasteiger partial charge on any atom is 0.258 e. The van der Waals surface area contributed by atoms with Gasteiger partial charge in [0.05, 0.1) is 5.56 Å². The molecule has 0 saturated heterocycles. The van der Waals surface area contributed by atoms with E-state index >= 15 is 0 Å². The molecule has 1 aromatic rings. The van der Waals surface area contributed by atoms with Crippen molar-refractivity contribution in [2.75, 3.05) is 6.61 Å². The van der Waals surface area contributed by atoms with Gasteiger partial charge in [-0.05, 0) is 31.4 Å². The standard InChI is InChI=1S/C16H24N2O2S/c1-4-11(2)9-12(3)18-15(19)10-20-14-8-6-5-7-13(14)16(17)21/h5-8,11-12H,4,9-10H2,1-3H3,(H2,17,21)(H,18,19).